The Balaban J connectivity index is 2.67. The van der Waals surface area contributed by atoms with Gasteiger partial charge in [-0.2, -0.15) is 0 Å². The highest BCUT2D eigenvalue weighted by Gasteiger charge is 1.93. The van der Waals surface area contributed by atoms with Gasteiger partial charge in [-0.15, -0.1) is 0 Å². The van der Waals surface area contributed by atoms with Gasteiger partial charge in [0.1, 0.15) is 0 Å². The first-order valence-corrected chi connectivity index (χ1v) is 3.66. The number of nitrogens with one attached hydrogen (secondary N) is 1. The van der Waals surface area contributed by atoms with Gasteiger partial charge < -0.3 is 10.7 Å². The third-order valence-corrected chi connectivity index (χ3v) is 1.86. The monoisotopic (exact) mass is 146 g/mol. The van der Waals surface area contributed by atoms with E-state index < -0.39 is 0 Å². The van der Waals surface area contributed by atoms with Gasteiger partial charge in [-0.1, -0.05) is 12.1 Å². The summed E-state index contributed by atoms with van der Waals surface area (Å²) in [5.41, 5.74) is 7.82. The Bertz CT molecular complexity index is 362. The van der Waals surface area contributed by atoms with Crippen LogP contribution in [-0.2, 0) is 6.54 Å². The predicted molar refractivity (Wildman–Crippen MR) is 46.2 cm³/mol. The number of hydrogen-bond acceptors (Lipinski definition) is 1. The lowest BCUT2D eigenvalue weighted by molar-refractivity contribution is 1.07. The molecule has 0 saturated carbocycles. The summed E-state index contributed by atoms with van der Waals surface area (Å²) in [7, 11) is 0. The second-order valence-corrected chi connectivity index (χ2v) is 2.60. The van der Waals surface area contributed by atoms with Gasteiger partial charge in [0.25, 0.3) is 0 Å². The van der Waals surface area contributed by atoms with Crippen LogP contribution in [0.2, 0.25) is 0 Å². The molecule has 11 heavy (non-hydrogen) atoms. The van der Waals surface area contributed by atoms with Gasteiger partial charge in [0, 0.05) is 18.3 Å². The number of aromatic amines is 1. The maximum absolute atomic E-state index is 5.50. The Morgan fingerprint density at radius 1 is 1.27 bits per heavy atom. The zero-order valence-electron chi connectivity index (χ0n) is 6.17. The van der Waals surface area contributed by atoms with Crippen molar-refractivity contribution in [3.05, 3.63) is 36.0 Å². The van der Waals surface area contributed by atoms with E-state index in [9.17, 15) is 0 Å². The van der Waals surface area contributed by atoms with Crippen molar-refractivity contribution in [2.24, 2.45) is 5.73 Å². The topological polar surface area (TPSA) is 41.8 Å². The van der Waals surface area contributed by atoms with Crippen LogP contribution < -0.4 is 5.73 Å². The molecule has 0 spiro atoms. The lowest BCUT2D eigenvalue weighted by Gasteiger charge is -1.95. The average Bonchev–Trinajstić information content (AvgIpc) is 2.50. The molecule has 1 heterocycles. The van der Waals surface area contributed by atoms with Crippen molar-refractivity contribution in [2.45, 2.75) is 6.54 Å². The Kier molecular flexibility index (Phi) is 1.40. The summed E-state index contributed by atoms with van der Waals surface area (Å²) in [6.07, 6.45) is 1.94. The van der Waals surface area contributed by atoms with Gasteiger partial charge in [-0.25, -0.2) is 0 Å². The predicted octanol–water partition coefficient (Wildman–Crippen LogP) is 1.63. The van der Waals surface area contributed by atoms with Gasteiger partial charge in [-0.05, 0) is 23.1 Å². The van der Waals surface area contributed by atoms with E-state index in [1.165, 1.54) is 10.9 Å². The molecule has 3 N–H and O–H groups in total. The molecule has 0 unspecified atom stereocenters. The first kappa shape index (κ1) is 6.43. The lowest BCUT2D eigenvalue weighted by Crippen LogP contribution is -1.94. The number of nitrogens with two attached hydrogens (primary N) is 1. The van der Waals surface area contributed by atoms with Crippen molar-refractivity contribution >= 4 is 10.9 Å². The van der Waals surface area contributed by atoms with E-state index >= 15 is 0 Å². The number of benzene rings is 1. The largest absolute Gasteiger partial charge is 0.361 e. The molecule has 0 saturated heterocycles. The minimum atomic E-state index is 0.606. The molecular formula is C9H10N2. The van der Waals surface area contributed by atoms with Crippen LogP contribution in [0.3, 0.4) is 0 Å². The fraction of sp³-hybridized carbons (Fsp3) is 0.111. The second-order valence-electron chi connectivity index (χ2n) is 2.60. The minimum Gasteiger partial charge on any atom is -0.361 e. The third-order valence-electron chi connectivity index (χ3n) is 1.86. The zero-order valence-corrected chi connectivity index (χ0v) is 6.17. The minimum absolute atomic E-state index is 0.606. The molecule has 2 aromatic rings. The Morgan fingerprint density at radius 3 is 3.00 bits per heavy atom. The SMILES string of the molecule is NCc1ccc2cc[nH]c2c1. The fourth-order valence-electron chi connectivity index (χ4n) is 1.22. The molecule has 0 aliphatic heterocycles. The summed E-state index contributed by atoms with van der Waals surface area (Å²) >= 11 is 0. The van der Waals surface area contributed by atoms with E-state index in [0.717, 1.165) is 5.52 Å². The fourth-order valence-corrected chi connectivity index (χ4v) is 1.22. The summed E-state index contributed by atoms with van der Waals surface area (Å²) in [5.74, 6) is 0. The molecule has 0 aliphatic rings. The Morgan fingerprint density at radius 2 is 2.18 bits per heavy atom. The standard InChI is InChI=1S/C9H10N2/c10-6-7-1-2-8-3-4-11-9(8)5-7/h1-5,11H,6,10H2. The highest BCUT2D eigenvalue weighted by atomic mass is 14.7. The third kappa shape index (κ3) is 1.01. The van der Waals surface area contributed by atoms with Crippen LogP contribution in [0.4, 0.5) is 0 Å². The maximum Gasteiger partial charge on any atom is 0.0457 e. The summed E-state index contributed by atoms with van der Waals surface area (Å²) in [6.45, 7) is 0.606. The summed E-state index contributed by atoms with van der Waals surface area (Å²) < 4.78 is 0. The average molecular weight is 146 g/mol. The maximum atomic E-state index is 5.50. The molecule has 0 amide bonds. The van der Waals surface area contributed by atoms with E-state index in [2.05, 4.69) is 29.2 Å². The van der Waals surface area contributed by atoms with Crippen molar-refractivity contribution in [3.8, 4) is 0 Å². The Labute approximate surface area is 65.0 Å². The van der Waals surface area contributed by atoms with Gasteiger partial charge in [0.15, 0.2) is 0 Å². The molecule has 2 rings (SSSR count). The molecule has 0 radical (unpaired) electrons. The van der Waals surface area contributed by atoms with Gasteiger partial charge in [-0.3, -0.25) is 0 Å². The molecular weight excluding hydrogens is 136 g/mol. The van der Waals surface area contributed by atoms with E-state index in [1.807, 2.05) is 6.20 Å². The summed E-state index contributed by atoms with van der Waals surface area (Å²) in [5, 5.41) is 1.24. The molecule has 0 bridgehead atoms. The van der Waals surface area contributed by atoms with Crippen LogP contribution in [0.5, 0.6) is 0 Å². The van der Waals surface area contributed by atoms with Crippen molar-refractivity contribution in [1.82, 2.24) is 4.98 Å². The summed E-state index contributed by atoms with van der Waals surface area (Å²) in [6, 6.07) is 8.26. The van der Waals surface area contributed by atoms with Crippen molar-refractivity contribution in [3.63, 3.8) is 0 Å². The second kappa shape index (κ2) is 2.40. The highest BCUT2D eigenvalue weighted by molar-refractivity contribution is 5.79. The van der Waals surface area contributed by atoms with Gasteiger partial charge >= 0.3 is 0 Å². The molecule has 2 heteroatoms. The lowest BCUT2D eigenvalue weighted by atomic mass is 10.2. The molecule has 56 valence electrons. The zero-order chi connectivity index (χ0) is 7.68. The normalized spacial score (nSPS) is 10.6. The molecule has 1 aromatic heterocycles. The number of fused-ring (bicyclic) bond motifs is 1. The molecule has 0 aliphatic carbocycles. The van der Waals surface area contributed by atoms with Crippen LogP contribution in [0.1, 0.15) is 5.56 Å². The first-order chi connectivity index (χ1) is 5.40. The number of aromatic nitrogens is 1. The highest BCUT2D eigenvalue weighted by Crippen LogP contribution is 2.13. The quantitative estimate of drug-likeness (QED) is 0.630. The smallest absolute Gasteiger partial charge is 0.0457 e. The van der Waals surface area contributed by atoms with Crippen LogP contribution in [-0.4, -0.2) is 4.98 Å². The van der Waals surface area contributed by atoms with E-state index in [4.69, 9.17) is 5.73 Å². The van der Waals surface area contributed by atoms with Crippen LogP contribution in [0.15, 0.2) is 30.5 Å². The van der Waals surface area contributed by atoms with Crippen LogP contribution >= 0.6 is 0 Å². The van der Waals surface area contributed by atoms with E-state index in [1.54, 1.807) is 0 Å². The number of rotatable bonds is 1. The van der Waals surface area contributed by atoms with Gasteiger partial charge in [0.05, 0.1) is 0 Å². The van der Waals surface area contributed by atoms with E-state index in [0.29, 0.717) is 6.54 Å². The van der Waals surface area contributed by atoms with Crippen LogP contribution in [0, 0.1) is 0 Å². The number of hydrogen-bond donors (Lipinski definition) is 2. The Hall–Kier alpha value is -1.28. The molecule has 0 atom stereocenters. The first-order valence-electron chi connectivity index (χ1n) is 3.66. The van der Waals surface area contributed by atoms with E-state index in [-0.39, 0.29) is 0 Å². The van der Waals surface area contributed by atoms with Gasteiger partial charge in [0.2, 0.25) is 0 Å². The molecule has 1 aromatic carbocycles. The molecule has 0 fully saturated rings. The summed E-state index contributed by atoms with van der Waals surface area (Å²) in [4.78, 5) is 3.14. The van der Waals surface area contributed by atoms with Crippen molar-refractivity contribution in [1.29, 1.82) is 0 Å². The molecule has 2 nitrogen and oxygen atoms in total. The van der Waals surface area contributed by atoms with Crippen molar-refractivity contribution < 1.29 is 0 Å². The van der Waals surface area contributed by atoms with Crippen molar-refractivity contribution in [2.75, 3.05) is 0 Å². The number of H-pyrrole nitrogens is 1. The van der Waals surface area contributed by atoms with Crippen LogP contribution in [0.25, 0.3) is 10.9 Å².